The monoisotopic (exact) mass is 380 g/mol. The van der Waals surface area contributed by atoms with Crippen LogP contribution in [0.4, 0.5) is 20.2 Å². The van der Waals surface area contributed by atoms with E-state index >= 15 is 0 Å². The van der Waals surface area contributed by atoms with Crippen LogP contribution in [0.3, 0.4) is 0 Å². The molecule has 0 atom stereocenters. The average Bonchev–Trinajstić information content (AvgIpc) is 2.62. The van der Waals surface area contributed by atoms with Gasteiger partial charge in [0.2, 0.25) is 0 Å². The molecule has 2 aromatic carbocycles. The molecule has 1 amide bonds. The summed E-state index contributed by atoms with van der Waals surface area (Å²) >= 11 is 0. The highest BCUT2D eigenvalue weighted by Gasteiger charge is 2.20. The van der Waals surface area contributed by atoms with Crippen LogP contribution in [0.15, 0.2) is 36.4 Å². The van der Waals surface area contributed by atoms with Gasteiger partial charge in [-0.05, 0) is 31.2 Å². The van der Waals surface area contributed by atoms with Crippen LogP contribution >= 0.6 is 0 Å². The number of hydrogen-bond donors (Lipinski definition) is 1. The van der Waals surface area contributed by atoms with E-state index in [0.717, 1.165) is 18.2 Å². The first-order chi connectivity index (χ1) is 12.8. The number of hydrogen-bond acceptors (Lipinski definition) is 6. The van der Waals surface area contributed by atoms with Crippen LogP contribution in [-0.4, -0.2) is 30.0 Å². The van der Waals surface area contributed by atoms with Crippen molar-refractivity contribution in [2.75, 3.05) is 18.5 Å². The molecule has 0 aliphatic rings. The highest BCUT2D eigenvalue weighted by molar-refractivity contribution is 5.96. The summed E-state index contributed by atoms with van der Waals surface area (Å²) in [4.78, 5) is 34.0. The Morgan fingerprint density at radius 3 is 2.56 bits per heavy atom. The van der Waals surface area contributed by atoms with Crippen LogP contribution < -0.4 is 10.1 Å². The summed E-state index contributed by atoms with van der Waals surface area (Å²) in [5.74, 6) is -3.67. The summed E-state index contributed by atoms with van der Waals surface area (Å²) in [6.45, 7) is 1.08. The predicted molar refractivity (Wildman–Crippen MR) is 89.5 cm³/mol. The van der Waals surface area contributed by atoms with Crippen molar-refractivity contribution in [3.05, 3.63) is 63.7 Å². The number of carbonyl (C=O) groups excluding carboxylic acids is 2. The largest absolute Gasteiger partial charge is 0.487 e. The Morgan fingerprint density at radius 1 is 1.19 bits per heavy atom. The predicted octanol–water partition coefficient (Wildman–Crippen LogP) is 3.07. The number of amides is 1. The maximum absolute atomic E-state index is 13.5. The molecule has 0 aliphatic carbocycles. The smallest absolute Gasteiger partial charge is 0.338 e. The zero-order valence-corrected chi connectivity index (χ0v) is 14.0. The molecule has 0 unspecified atom stereocenters. The van der Waals surface area contributed by atoms with E-state index in [1.807, 2.05) is 0 Å². The summed E-state index contributed by atoms with van der Waals surface area (Å²) in [5.41, 5.74) is -0.871. The van der Waals surface area contributed by atoms with Gasteiger partial charge in [0.15, 0.2) is 12.4 Å². The molecular weight excluding hydrogens is 366 g/mol. The fourth-order valence-corrected chi connectivity index (χ4v) is 2.06. The Morgan fingerprint density at radius 2 is 1.93 bits per heavy atom. The van der Waals surface area contributed by atoms with E-state index in [0.29, 0.717) is 6.07 Å². The summed E-state index contributed by atoms with van der Waals surface area (Å²) in [5, 5.41) is 13.2. The van der Waals surface area contributed by atoms with Crippen molar-refractivity contribution in [1.82, 2.24) is 0 Å². The lowest BCUT2D eigenvalue weighted by molar-refractivity contribution is -0.385. The van der Waals surface area contributed by atoms with Crippen molar-refractivity contribution < 1.29 is 32.8 Å². The zero-order valence-electron chi connectivity index (χ0n) is 14.0. The first-order valence-electron chi connectivity index (χ1n) is 7.65. The van der Waals surface area contributed by atoms with E-state index < -0.39 is 40.7 Å². The Bertz CT molecular complexity index is 888. The zero-order chi connectivity index (χ0) is 20.0. The van der Waals surface area contributed by atoms with Crippen molar-refractivity contribution in [1.29, 1.82) is 0 Å². The van der Waals surface area contributed by atoms with Crippen molar-refractivity contribution in [2.45, 2.75) is 6.92 Å². The van der Waals surface area contributed by atoms with Crippen LogP contribution in [0.25, 0.3) is 0 Å². The molecule has 142 valence electrons. The number of nitro benzene ring substituents is 1. The SMILES string of the molecule is CCOc1ccc(C(=O)OCC(=O)Nc2ccc(F)cc2F)cc1[N+](=O)[O-]. The van der Waals surface area contributed by atoms with Gasteiger partial charge in [-0.1, -0.05) is 0 Å². The minimum Gasteiger partial charge on any atom is -0.487 e. The molecule has 0 saturated carbocycles. The van der Waals surface area contributed by atoms with E-state index in [9.17, 15) is 28.5 Å². The Labute approximate surface area is 151 Å². The van der Waals surface area contributed by atoms with Gasteiger partial charge in [-0.2, -0.15) is 0 Å². The normalized spacial score (nSPS) is 10.2. The minimum atomic E-state index is -0.990. The molecule has 0 saturated heterocycles. The molecule has 0 spiro atoms. The number of anilines is 1. The highest BCUT2D eigenvalue weighted by Crippen LogP contribution is 2.28. The number of esters is 1. The summed E-state index contributed by atoms with van der Waals surface area (Å²) < 4.78 is 36.1. The third kappa shape index (κ3) is 5.21. The molecular formula is C17H14F2N2O6. The third-order valence-corrected chi connectivity index (χ3v) is 3.23. The number of ether oxygens (including phenoxy) is 2. The van der Waals surface area contributed by atoms with E-state index in [2.05, 4.69) is 5.32 Å². The van der Waals surface area contributed by atoms with Crippen LogP contribution in [0.1, 0.15) is 17.3 Å². The standard InChI is InChI=1S/C17H14F2N2O6/c1-2-26-15-6-3-10(7-14(15)21(24)25)17(23)27-9-16(22)20-13-5-4-11(18)8-12(13)19/h3-8H,2,9H2,1H3,(H,20,22). The molecule has 1 N–H and O–H groups in total. The summed E-state index contributed by atoms with van der Waals surface area (Å²) in [6.07, 6.45) is 0. The van der Waals surface area contributed by atoms with Gasteiger partial charge in [-0.3, -0.25) is 14.9 Å². The number of nitrogens with one attached hydrogen (secondary N) is 1. The second kappa shape index (κ2) is 8.70. The van der Waals surface area contributed by atoms with Crippen LogP contribution in [-0.2, 0) is 9.53 Å². The maximum Gasteiger partial charge on any atom is 0.338 e. The number of benzene rings is 2. The number of nitrogens with zero attached hydrogens (tertiary/aromatic N) is 1. The fraction of sp³-hybridized carbons (Fsp3) is 0.176. The molecule has 0 heterocycles. The van der Waals surface area contributed by atoms with E-state index in [4.69, 9.17) is 9.47 Å². The van der Waals surface area contributed by atoms with Gasteiger partial charge < -0.3 is 14.8 Å². The molecule has 2 rings (SSSR count). The molecule has 2 aromatic rings. The molecule has 8 nitrogen and oxygen atoms in total. The minimum absolute atomic E-state index is 0.0106. The van der Waals surface area contributed by atoms with Gasteiger partial charge in [0.25, 0.3) is 5.91 Å². The van der Waals surface area contributed by atoms with Gasteiger partial charge in [-0.15, -0.1) is 0 Å². The van der Waals surface area contributed by atoms with Crippen LogP contribution in [0.5, 0.6) is 5.75 Å². The third-order valence-electron chi connectivity index (χ3n) is 3.23. The number of nitro groups is 1. The molecule has 0 aliphatic heterocycles. The van der Waals surface area contributed by atoms with Gasteiger partial charge >= 0.3 is 11.7 Å². The molecule has 0 radical (unpaired) electrons. The first kappa shape index (κ1) is 19.8. The topological polar surface area (TPSA) is 108 Å². The van der Waals surface area contributed by atoms with Gasteiger partial charge in [-0.25, -0.2) is 13.6 Å². The molecule has 0 aromatic heterocycles. The summed E-state index contributed by atoms with van der Waals surface area (Å²) in [6, 6.07) is 6.00. The van der Waals surface area contributed by atoms with Crippen molar-refractivity contribution in [3.8, 4) is 5.75 Å². The van der Waals surface area contributed by atoms with E-state index in [1.165, 1.54) is 12.1 Å². The average molecular weight is 380 g/mol. The highest BCUT2D eigenvalue weighted by atomic mass is 19.1. The molecule has 0 fully saturated rings. The summed E-state index contributed by atoms with van der Waals surface area (Å²) in [7, 11) is 0. The Kier molecular flexibility index (Phi) is 6.36. The lowest BCUT2D eigenvalue weighted by Crippen LogP contribution is -2.21. The molecule has 0 bridgehead atoms. The van der Waals surface area contributed by atoms with Gasteiger partial charge in [0.1, 0.15) is 11.6 Å². The Hall–Kier alpha value is -3.56. The van der Waals surface area contributed by atoms with Crippen molar-refractivity contribution in [3.63, 3.8) is 0 Å². The first-order valence-corrected chi connectivity index (χ1v) is 7.65. The van der Waals surface area contributed by atoms with Crippen LogP contribution in [0.2, 0.25) is 0 Å². The quantitative estimate of drug-likeness (QED) is 0.449. The van der Waals surface area contributed by atoms with Crippen LogP contribution in [0, 0.1) is 21.7 Å². The van der Waals surface area contributed by atoms with Gasteiger partial charge in [0.05, 0.1) is 22.8 Å². The number of rotatable bonds is 7. The van der Waals surface area contributed by atoms with Crippen molar-refractivity contribution >= 4 is 23.3 Å². The van der Waals surface area contributed by atoms with E-state index in [-0.39, 0.29) is 23.6 Å². The maximum atomic E-state index is 13.5. The van der Waals surface area contributed by atoms with Gasteiger partial charge in [0, 0.05) is 12.1 Å². The second-order valence-electron chi connectivity index (χ2n) is 5.12. The molecule has 27 heavy (non-hydrogen) atoms. The molecule has 10 heteroatoms. The fourth-order valence-electron chi connectivity index (χ4n) is 2.06. The lowest BCUT2D eigenvalue weighted by atomic mass is 10.2. The van der Waals surface area contributed by atoms with E-state index in [1.54, 1.807) is 6.92 Å². The number of halogens is 2. The Balaban J connectivity index is 2.01. The number of carbonyl (C=O) groups is 2. The lowest BCUT2D eigenvalue weighted by Gasteiger charge is -2.08. The van der Waals surface area contributed by atoms with Crippen molar-refractivity contribution in [2.24, 2.45) is 0 Å². The second-order valence-corrected chi connectivity index (χ2v) is 5.12.